The van der Waals surface area contributed by atoms with Crippen molar-refractivity contribution in [2.45, 2.75) is 83.8 Å². The molecule has 3 unspecified atom stereocenters. The predicted molar refractivity (Wildman–Crippen MR) is 84.2 cm³/mol. The summed E-state index contributed by atoms with van der Waals surface area (Å²) >= 11 is 0. The first-order valence-electron chi connectivity index (χ1n) is 8.44. The van der Waals surface area contributed by atoms with Gasteiger partial charge in [0, 0.05) is 7.11 Å². The molecule has 0 bridgehead atoms. The molecule has 0 spiro atoms. The van der Waals surface area contributed by atoms with Crippen LogP contribution in [-0.2, 0) is 4.74 Å². The fourth-order valence-corrected chi connectivity index (χ4v) is 4.49. The van der Waals surface area contributed by atoms with E-state index in [-0.39, 0.29) is 5.60 Å². The third-order valence-electron chi connectivity index (χ3n) is 6.05. The monoisotopic (exact) mass is 282 g/mol. The molecule has 2 rings (SSSR count). The van der Waals surface area contributed by atoms with Crippen LogP contribution >= 0.6 is 0 Å². The number of nitrogens with one attached hydrogen (secondary N) is 1. The summed E-state index contributed by atoms with van der Waals surface area (Å²) in [7, 11) is 1.88. The van der Waals surface area contributed by atoms with Crippen LogP contribution in [0.2, 0.25) is 0 Å². The van der Waals surface area contributed by atoms with E-state index in [1.807, 2.05) is 7.11 Å². The Morgan fingerprint density at radius 3 is 2.30 bits per heavy atom. The molecule has 3 atom stereocenters. The number of ether oxygens (including phenoxy) is 1. The second kappa shape index (κ2) is 6.33. The van der Waals surface area contributed by atoms with Gasteiger partial charge in [-0.05, 0) is 55.8 Å². The van der Waals surface area contributed by atoms with E-state index in [0.29, 0.717) is 17.4 Å². The fraction of sp³-hybridized carbons (Fsp3) is 1.00. The molecule has 2 aliphatic carbocycles. The number of hydrazine groups is 1. The van der Waals surface area contributed by atoms with Gasteiger partial charge in [-0.15, -0.1) is 0 Å². The van der Waals surface area contributed by atoms with Crippen molar-refractivity contribution in [1.82, 2.24) is 5.43 Å². The molecule has 3 heteroatoms. The van der Waals surface area contributed by atoms with E-state index in [2.05, 4.69) is 26.2 Å². The Kier molecular flexibility index (Phi) is 5.14. The van der Waals surface area contributed by atoms with Gasteiger partial charge in [-0.3, -0.25) is 11.3 Å². The van der Waals surface area contributed by atoms with Crippen LogP contribution in [0, 0.1) is 17.3 Å². The lowest BCUT2D eigenvalue weighted by Crippen LogP contribution is -2.60. The number of rotatable bonds is 4. The maximum atomic E-state index is 6.07. The standard InChI is InChI=1S/C17H34N2O/c1-13-6-5-7-14(12-13)15(19-18)17(20-4)10-8-16(2,3)9-11-17/h13-15,19H,5-12,18H2,1-4H3. The lowest BCUT2D eigenvalue weighted by Gasteiger charge is -2.50. The zero-order valence-electron chi connectivity index (χ0n) is 13.9. The van der Waals surface area contributed by atoms with Crippen LogP contribution in [0.25, 0.3) is 0 Å². The van der Waals surface area contributed by atoms with Gasteiger partial charge in [0.2, 0.25) is 0 Å². The van der Waals surface area contributed by atoms with Crippen LogP contribution in [0.3, 0.4) is 0 Å². The number of methoxy groups -OCH3 is 1. The highest BCUT2D eigenvalue weighted by Crippen LogP contribution is 2.46. The Hall–Kier alpha value is -0.120. The van der Waals surface area contributed by atoms with Gasteiger partial charge >= 0.3 is 0 Å². The van der Waals surface area contributed by atoms with Crippen LogP contribution in [0.1, 0.15) is 72.1 Å². The highest BCUT2D eigenvalue weighted by Gasteiger charge is 2.47. The highest BCUT2D eigenvalue weighted by molar-refractivity contribution is 5.01. The van der Waals surface area contributed by atoms with Gasteiger partial charge in [0.1, 0.15) is 0 Å². The minimum atomic E-state index is -0.0496. The molecule has 0 amide bonds. The number of nitrogens with two attached hydrogens (primary N) is 1. The summed E-state index contributed by atoms with van der Waals surface area (Å²) < 4.78 is 6.07. The number of hydrogen-bond donors (Lipinski definition) is 2. The predicted octanol–water partition coefficient (Wildman–Crippen LogP) is 3.63. The summed E-state index contributed by atoms with van der Waals surface area (Å²) in [6, 6.07) is 0.311. The summed E-state index contributed by atoms with van der Waals surface area (Å²) in [6.45, 7) is 7.13. The molecule has 0 aliphatic heterocycles. The van der Waals surface area contributed by atoms with Crippen LogP contribution in [-0.4, -0.2) is 18.8 Å². The molecule has 0 aromatic heterocycles. The van der Waals surface area contributed by atoms with Crippen molar-refractivity contribution in [2.75, 3.05) is 7.11 Å². The average molecular weight is 282 g/mol. The van der Waals surface area contributed by atoms with Crippen molar-refractivity contribution < 1.29 is 4.74 Å². The molecule has 0 aromatic rings. The van der Waals surface area contributed by atoms with Gasteiger partial charge in [0.25, 0.3) is 0 Å². The smallest absolute Gasteiger partial charge is 0.0847 e. The molecular formula is C17H34N2O. The second-order valence-electron chi connectivity index (χ2n) is 8.11. The first kappa shape index (κ1) is 16.3. The topological polar surface area (TPSA) is 47.3 Å². The number of hydrogen-bond acceptors (Lipinski definition) is 3. The quantitative estimate of drug-likeness (QED) is 0.611. The van der Waals surface area contributed by atoms with Crippen molar-refractivity contribution in [3.05, 3.63) is 0 Å². The van der Waals surface area contributed by atoms with Crippen LogP contribution in [0.15, 0.2) is 0 Å². The van der Waals surface area contributed by atoms with Crippen molar-refractivity contribution in [3.8, 4) is 0 Å². The molecule has 3 N–H and O–H groups in total. The SMILES string of the molecule is COC1(C(NN)C2CCCC(C)C2)CCC(C)(C)CC1. The average Bonchev–Trinajstić information content (AvgIpc) is 2.42. The Labute approximate surface area is 125 Å². The summed E-state index contributed by atoms with van der Waals surface area (Å²) in [5.74, 6) is 7.48. The van der Waals surface area contributed by atoms with E-state index in [1.165, 1.54) is 38.5 Å². The molecule has 2 fully saturated rings. The minimum Gasteiger partial charge on any atom is -0.377 e. The molecule has 3 nitrogen and oxygen atoms in total. The third-order valence-corrected chi connectivity index (χ3v) is 6.05. The van der Waals surface area contributed by atoms with Crippen molar-refractivity contribution in [2.24, 2.45) is 23.1 Å². The zero-order chi connectivity index (χ0) is 14.8. The van der Waals surface area contributed by atoms with Crippen LogP contribution in [0.4, 0.5) is 0 Å². The zero-order valence-corrected chi connectivity index (χ0v) is 13.9. The van der Waals surface area contributed by atoms with Crippen molar-refractivity contribution in [1.29, 1.82) is 0 Å². The summed E-state index contributed by atoms with van der Waals surface area (Å²) in [5.41, 5.74) is 3.57. The van der Waals surface area contributed by atoms with Gasteiger partial charge in [-0.25, -0.2) is 0 Å². The molecule has 0 aromatic carbocycles. The maximum Gasteiger partial charge on any atom is 0.0847 e. The van der Waals surface area contributed by atoms with Crippen molar-refractivity contribution >= 4 is 0 Å². The molecule has 0 radical (unpaired) electrons. The van der Waals surface area contributed by atoms with Gasteiger partial charge < -0.3 is 4.74 Å². The van der Waals surface area contributed by atoms with E-state index in [4.69, 9.17) is 10.6 Å². The molecular weight excluding hydrogens is 248 g/mol. The van der Waals surface area contributed by atoms with Gasteiger partial charge in [-0.2, -0.15) is 0 Å². The lowest BCUT2D eigenvalue weighted by molar-refractivity contribution is -0.103. The minimum absolute atomic E-state index is 0.0496. The second-order valence-corrected chi connectivity index (χ2v) is 8.11. The molecule has 2 aliphatic rings. The molecule has 0 heterocycles. The van der Waals surface area contributed by atoms with Gasteiger partial charge in [-0.1, -0.05) is 33.6 Å². The molecule has 2 saturated carbocycles. The largest absolute Gasteiger partial charge is 0.377 e. The third kappa shape index (κ3) is 3.37. The van der Waals surface area contributed by atoms with Crippen molar-refractivity contribution in [3.63, 3.8) is 0 Å². The van der Waals surface area contributed by atoms with E-state index in [1.54, 1.807) is 0 Å². The highest BCUT2D eigenvalue weighted by atomic mass is 16.5. The summed E-state index contributed by atoms with van der Waals surface area (Å²) in [6.07, 6.45) is 10.1. The Morgan fingerprint density at radius 2 is 1.80 bits per heavy atom. The Balaban J connectivity index is 2.11. The summed E-state index contributed by atoms with van der Waals surface area (Å²) in [5, 5.41) is 0. The van der Waals surface area contributed by atoms with E-state index in [9.17, 15) is 0 Å². The Morgan fingerprint density at radius 1 is 1.15 bits per heavy atom. The van der Waals surface area contributed by atoms with E-state index < -0.39 is 0 Å². The van der Waals surface area contributed by atoms with Gasteiger partial charge in [0.05, 0.1) is 11.6 Å². The first-order valence-corrected chi connectivity index (χ1v) is 8.44. The lowest BCUT2D eigenvalue weighted by atomic mass is 9.64. The van der Waals surface area contributed by atoms with Gasteiger partial charge in [0.15, 0.2) is 0 Å². The fourth-order valence-electron chi connectivity index (χ4n) is 4.49. The normalized spacial score (nSPS) is 34.6. The van der Waals surface area contributed by atoms with E-state index >= 15 is 0 Å². The molecule has 0 saturated heterocycles. The maximum absolute atomic E-state index is 6.07. The first-order chi connectivity index (χ1) is 9.42. The molecule has 118 valence electrons. The summed E-state index contributed by atoms with van der Waals surface area (Å²) in [4.78, 5) is 0. The van der Waals surface area contributed by atoms with Crippen LogP contribution < -0.4 is 11.3 Å². The van der Waals surface area contributed by atoms with E-state index in [0.717, 1.165) is 18.8 Å². The Bertz CT molecular complexity index is 306. The van der Waals surface area contributed by atoms with Crippen LogP contribution in [0.5, 0.6) is 0 Å². The molecule has 20 heavy (non-hydrogen) atoms.